The Kier molecular flexibility index (Phi) is 3.74. The molecule has 100 valence electrons. The van der Waals surface area contributed by atoms with E-state index in [4.69, 9.17) is 5.26 Å². The Balaban J connectivity index is 1.67. The number of nitrogens with one attached hydrogen (secondary N) is 1. The van der Waals surface area contributed by atoms with Crippen molar-refractivity contribution in [2.75, 3.05) is 44.2 Å². The van der Waals surface area contributed by atoms with Gasteiger partial charge in [0.25, 0.3) is 0 Å². The first kappa shape index (κ1) is 12.9. The third-order valence-electron chi connectivity index (χ3n) is 3.97. The van der Waals surface area contributed by atoms with Gasteiger partial charge in [0, 0.05) is 55.5 Å². The Bertz CT molecular complexity index is 499. The second-order valence-electron chi connectivity index (χ2n) is 5.14. The van der Waals surface area contributed by atoms with Crippen LogP contribution in [0.1, 0.15) is 5.56 Å². The molecule has 5 heteroatoms. The number of rotatable bonds is 2. The molecule has 4 nitrogen and oxygen atoms in total. The smallest absolute Gasteiger partial charge is 0.0992 e. The van der Waals surface area contributed by atoms with Crippen LogP contribution in [0.25, 0.3) is 0 Å². The van der Waals surface area contributed by atoms with Gasteiger partial charge in [-0.2, -0.15) is 5.26 Å². The lowest BCUT2D eigenvalue weighted by Crippen LogP contribution is -2.61. The van der Waals surface area contributed by atoms with E-state index in [1.54, 1.807) is 0 Å². The molecule has 2 fully saturated rings. The maximum absolute atomic E-state index is 9.03. The van der Waals surface area contributed by atoms with Gasteiger partial charge in [0.2, 0.25) is 0 Å². The predicted octanol–water partition coefficient (Wildman–Crippen LogP) is 1.41. The van der Waals surface area contributed by atoms with Crippen LogP contribution in [0.15, 0.2) is 22.7 Å². The maximum Gasteiger partial charge on any atom is 0.0992 e. The summed E-state index contributed by atoms with van der Waals surface area (Å²) < 4.78 is 0.979. The molecule has 0 saturated carbocycles. The Morgan fingerprint density at radius 1 is 1.16 bits per heavy atom. The van der Waals surface area contributed by atoms with Crippen molar-refractivity contribution >= 4 is 21.6 Å². The number of piperazine rings is 1. The summed E-state index contributed by atoms with van der Waals surface area (Å²) in [7, 11) is 0. The van der Waals surface area contributed by atoms with Crippen molar-refractivity contribution in [2.24, 2.45) is 0 Å². The van der Waals surface area contributed by atoms with E-state index in [-0.39, 0.29) is 0 Å². The molecule has 1 aromatic rings. The van der Waals surface area contributed by atoms with E-state index in [9.17, 15) is 0 Å². The highest BCUT2D eigenvalue weighted by Gasteiger charge is 2.27. The molecule has 19 heavy (non-hydrogen) atoms. The van der Waals surface area contributed by atoms with Crippen molar-refractivity contribution in [3.63, 3.8) is 0 Å². The minimum absolute atomic E-state index is 0.718. The summed E-state index contributed by atoms with van der Waals surface area (Å²) in [5.41, 5.74) is 1.87. The summed E-state index contributed by atoms with van der Waals surface area (Å²) in [6.07, 6.45) is 0. The van der Waals surface area contributed by atoms with Crippen molar-refractivity contribution in [2.45, 2.75) is 6.04 Å². The van der Waals surface area contributed by atoms with Crippen LogP contribution in [-0.4, -0.2) is 50.2 Å². The topological polar surface area (TPSA) is 42.3 Å². The highest BCUT2D eigenvalue weighted by molar-refractivity contribution is 9.10. The van der Waals surface area contributed by atoms with Crippen LogP contribution < -0.4 is 10.2 Å². The monoisotopic (exact) mass is 320 g/mol. The van der Waals surface area contributed by atoms with Crippen LogP contribution in [0.5, 0.6) is 0 Å². The van der Waals surface area contributed by atoms with Crippen LogP contribution in [0.2, 0.25) is 0 Å². The van der Waals surface area contributed by atoms with Gasteiger partial charge >= 0.3 is 0 Å². The van der Waals surface area contributed by atoms with E-state index in [0.29, 0.717) is 0 Å². The van der Waals surface area contributed by atoms with Crippen LogP contribution >= 0.6 is 15.9 Å². The molecule has 0 atom stereocenters. The lowest BCUT2D eigenvalue weighted by Gasteiger charge is -2.43. The van der Waals surface area contributed by atoms with Gasteiger partial charge in [-0.1, -0.05) is 15.9 Å². The summed E-state index contributed by atoms with van der Waals surface area (Å²) in [6.45, 7) is 6.57. The van der Waals surface area contributed by atoms with Crippen molar-refractivity contribution in [3.8, 4) is 6.07 Å². The average molecular weight is 321 g/mol. The molecule has 0 bridgehead atoms. The van der Waals surface area contributed by atoms with Crippen LogP contribution in [0.3, 0.4) is 0 Å². The highest BCUT2D eigenvalue weighted by atomic mass is 79.9. The van der Waals surface area contributed by atoms with Gasteiger partial charge in [-0.25, -0.2) is 0 Å². The Labute approximate surface area is 122 Å². The summed E-state index contributed by atoms with van der Waals surface area (Å²) in [5.74, 6) is 0. The number of nitrogens with zero attached hydrogens (tertiary/aromatic N) is 3. The molecule has 2 aliphatic heterocycles. The zero-order valence-electron chi connectivity index (χ0n) is 10.8. The van der Waals surface area contributed by atoms with Crippen LogP contribution in [-0.2, 0) is 0 Å². The lowest BCUT2D eigenvalue weighted by molar-refractivity contribution is 0.138. The molecule has 2 heterocycles. The van der Waals surface area contributed by atoms with E-state index in [0.717, 1.165) is 61.0 Å². The van der Waals surface area contributed by atoms with E-state index in [1.165, 1.54) is 0 Å². The molecule has 0 radical (unpaired) electrons. The first-order valence-electron chi connectivity index (χ1n) is 6.66. The van der Waals surface area contributed by atoms with Gasteiger partial charge in [-0.05, 0) is 18.2 Å². The van der Waals surface area contributed by atoms with E-state index >= 15 is 0 Å². The minimum Gasteiger partial charge on any atom is -0.369 e. The normalized spacial score (nSPS) is 20.9. The second kappa shape index (κ2) is 5.49. The summed E-state index contributed by atoms with van der Waals surface area (Å²) in [6, 6.07) is 8.89. The van der Waals surface area contributed by atoms with Gasteiger partial charge in [0.1, 0.15) is 0 Å². The third kappa shape index (κ3) is 2.76. The number of hydrogen-bond acceptors (Lipinski definition) is 4. The van der Waals surface area contributed by atoms with Gasteiger partial charge in [-0.15, -0.1) is 0 Å². The van der Waals surface area contributed by atoms with E-state index in [1.807, 2.05) is 12.1 Å². The standard InChI is InChI=1S/C14H17BrN4/c15-12-5-11(8-16)6-13(7-12)18-1-3-19(4-2-18)14-9-17-10-14/h5-7,14,17H,1-4,9-10H2. The molecule has 0 amide bonds. The van der Waals surface area contributed by atoms with E-state index in [2.05, 4.69) is 43.2 Å². The molecule has 0 aliphatic carbocycles. The Morgan fingerprint density at radius 2 is 1.89 bits per heavy atom. The zero-order valence-corrected chi connectivity index (χ0v) is 12.4. The van der Waals surface area contributed by atoms with Crippen LogP contribution in [0.4, 0.5) is 5.69 Å². The molecule has 2 saturated heterocycles. The van der Waals surface area contributed by atoms with E-state index < -0.39 is 0 Å². The fourth-order valence-corrected chi connectivity index (χ4v) is 3.18. The molecule has 1 N–H and O–H groups in total. The average Bonchev–Trinajstić information content (AvgIpc) is 2.37. The number of hydrogen-bond donors (Lipinski definition) is 1. The number of halogens is 1. The van der Waals surface area contributed by atoms with Crippen molar-refractivity contribution < 1.29 is 0 Å². The van der Waals surface area contributed by atoms with Crippen molar-refractivity contribution in [1.29, 1.82) is 5.26 Å². The molecule has 3 rings (SSSR count). The van der Waals surface area contributed by atoms with Crippen molar-refractivity contribution in [3.05, 3.63) is 28.2 Å². The van der Waals surface area contributed by atoms with Gasteiger partial charge in [0.15, 0.2) is 0 Å². The Morgan fingerprint density at radius 3 is 2.47 bits per heavy atom. The molecule has 1 aromatic carbocycles. The van der Waals surface area contributed by atoms with Crippen LogP contribution in [0, 0.1) is 11.3 Å². The number of anilines is 1. The van der Waals surface area contributed by atoms with Crippen molar-refractivity contribution in [1.82, 2.24) is 10.2 Å². The molecule has 0 unspecified atom stereocenters. The molecule has 0 spiro atoms. The summed E-state index contributed by atoms with van der Waals surface area (Å²) in [4.78, 5) is 4.93. The maximum atomic E-state index is 9.03. The summed E-state index contributed by atoms with van der Waals surface area (Å²) >= 11 is 3.48. The predicted molar refractivity (Wildman–Crippen MR) is 79.3 cm³/mol. The number of benzene rings is 1. The fourth-order valence-electron chi connectivity index (χ4n) is 2.70. The lowest BCUT2D eigenvalue weighted by atomic mass is 10.1. The molecule has 0 aromatic heterocycles. The number of nitriles is 1. The molecular weight excluding hydrogens is 304 g/mol. The quantitative estimate of drug-likeness (QED) is 0.894. The zero-order chi connectivity index (χ0) is 13.2. The Hall–Kier alpha value is -1.09. The summed E-state index contributed by atoms with van der Waals surface area (Å²) in [5, 5.41) is 12.4. The third-order valence-corrected chi connectivity index (χ3v) is 4.43. The first-order valence-corrected chi connectivity index (χ1v) is 7.46. The molecular formula is C14H17BrN4. The minimum atomic E-state index is 0.718. The SMILES string of the molecule is N#Cc1cc(Br)cc(N2CCN(C3CNC3)CC2)c1. The first-order chi connectivity index (χ1) is 9.26. The fraction of sp³-hybridized carbons (Fsp3) is 0.500. The van der Waals surface area contributed by atoms with Gasteiger partial charge < -0.3 is 10.2 Å². The van der Waals surface area contributed by atoms with Gasteiger partial charge in [0.05, 0.1) is 11.6 Å². The second-order valence-corrected chi connectivity index (χ2v) is 6.06. The molecule has 2 aliphatic rings. The highest BCUT2D eigenvalue weighted by Crippen LogP contribution is 2.24. The van der Waals surface area contributed by atoms with Gasteiger partial charge in [-0.3, -0.25) is 4.90 Å². The largest absolute Gasteiger partial charge is 0.369 e.